The fraction of sp³-hybridized carbons (Fsp3) is 0.643. The summed E-state index contributed by atoms with van der Waals surface area (Å²) in [6.07, 6.45) is 5.85. The van der Waals surface area contributed by atoms with E-state index in [2.05, 4.69) is 38.6 Å². The summed E-state index contributed by atoms with van der Waals surface area (Å²) in [6, 6.07) is 0.548. The van der Waals surface area contributed by atoms with Gasteiger partial charge in [0.05, 0.1) is 25.3 Å². The maximum Gasteiger partial charge on any atom is 0.316 e. The largest absolute Gasteiger partial charge is 0.468 e. The van der Waals surface area contributed by atoms with E-state index in [1.54, 1.807) is 12.4 Å². The number of hydrogen-bond donors (Lipinski definition) is 0. The molecule has 7 heteroatoms. The van der Waals surface area contributed by atoms with E-state index in [1.807, 2.05) is 0 Å². The second-order valence-electron chi connectivity index (χ2n) is 5.29. The number of likely N-dealkylation sites (N-methyl/N-ethyl adjacent to an activating group) is 1. The highest BCUT2D eigenvalue weighted by Crippen LogP contribution is 2.22. The van der Waals surface area contributed by atoms with E-state index < -0.39 is 0 Å². The standard InChI is InChI=1S/C14H22N4O2S/c1-17(2)11-5-4-6-18(9-11)12-7-15-8-13(16-12)21-10-14(19)20-3/h7-8,11H,4-6,9-10H2,1-3H3. The minimum atomic E-state index is -0.252. The van der Waals surface area contributed by atoms with Crippen molar-refractivity contribution in [3.8, 4) is 0 Å². The van der Waals surface area contributed by atoms with Crippen LogP contribution in [0.1, 0.15) is 12.8 Å². The van der Waals surface area contributed by atoms with Gasteiger partial charge in [0.1, 0.15) is 10.8 Å². The number of nitrogens with zero attached hydrogens (tertiary/aromatic N) is 4. The van der Waals surface area contributed by atoms with Crippen molar-refractivity contribution in [2.75, 3.05) is 44.9 Å². The van der Waals surface area contributed by atoms with Crippen LogP contribution >= 0.6 is 11.8 Å². The zero-order chi connectivity index (χ0) is 15.2. The van der Waals surface area contributed by atoms with Crippen LogP contribution in [0.15, 0.2) is 17.4 Å². The Morgan fingerprint density at radius 1 is 1.52 bits per heavy atom. The number of aromatic nitrogens is 2. The molecule has 1 saturated heterocycles. The number of thioether (sulfide) groups is 1. The molecule has 1 aromatic heterocycles. The van der Waals surface area contributed by atoms with E-state index in [0.29, 0.717) is 6.04 Å². The molecule has 21 heavy (non-hydrogen) atoms. The van der Waals surface area contributed by atoms with Gasteiger partial charge in [0.2, 0.25) is 0 Å². The topological polar surface area (TPSA) is 58.6 Å². The van der Waals surface area contributed by atoms with E-state index in [1.165, 1.54) is 25.3 Å². The van der Waals surface area contributed by atoms with Gasteiger partial charge in [-0.2, -0.15) is 0 Å². The minimum absolute atomic E-state index is 0.252. The highest BCUT2D eigenvalue weighted by molar-refractivity contribution is 7.99. The van der Waals surface area contributed by atoms with E-state index in [0.717, 1.165) is 30.4 Å². The van der Waals surface area contributed by atoms with Gasteiger partial charge in [0.25, 0.3) is 0 Å². The Hall–Kier alpha value is -1.34. The molecule has 0 amide bonds. The van der Waals surface area contributed by atoms with E-state index in [4.69, 9.17) is 0 Å². The minimum Gasteiger partial charge on any atom is -0.468 e. The van der Waals surface area contributed by atoms with Gasteiger partial charge < -0.3 is 14.5 Å². The normalized spacial score (nSPS) is 18.9. The fourth-order valence-corrected chi connectivity index (χ4v) is 3.01. The molecule has 1 aromatic rings. The summed E-state index contributed by atoms with van der Waals surface area (Å²) in [4.78, 5) is 24.5. The van der Waals surface area contributed by atoms with Crippen molar-refractivity contribution in [1.29, 1.82) is 0 Å². The molecule has 6 nitrogen and oxygen atoms in total. The lowest BCUT2D eigenvalue weighted by molar-refractivity contribution is -0.137. The van der Waals surface area contributed by atoms with Gasteiger partial charge >= 0.3 is 5.97 Å². The van der Waals surface area contributed by atoms with E-state index >= 15 is 0 Å². The molecular formula is C14H22N4O2S. The van der Waals surface area contributed by atoms with Gasteiger partial charge in [-0.15, -0.1) is 0 Å². The molecule has 2 heterocycles. The van der Waals surface area contributed by atoms with Crippen LogP contribution in [-0.2, 0) is 9.53 Å². The second kappa shape index (κ2) is 7.61. The quantitative estimate of drug-likeness (QED) is 0.599. The van der Waals surface area contributed by atoms with Crippen molar-refractivity contribution in [2.24, 2.45) is 0 Å². The third-order valence-corrected chi connectivity index (χ3v) is 4.49. The molecule has 1 unspecified atom stereocenters. The Labute approximate surface area is 129 Å². The summed E-state index contributed by atoms with van der Waals surface area (Å²) >= 11 is 1.35. The van der Waals surface area contributed by atoms with Gasteiger partial charge in [-0.25, -0.2) is 4.98 Å². The first kappa shape index (κ1) is 16.0. The molecule has 1 atom stereocenters. The van der Waals surface area contributed by atoms with Crippen molar-refractivity contribution >= 4 is 23.5 Å². The Morgan fingerprint density at radius 2 is 2.33 bits per heavy atom. The first-order valence-electron chi connectivity index (χ1n) is 7.03. The smallest absolute Gasteiger partial charge is 0.316 e. The van der Waals surface area contributed by atoms with E-state index in [-0.39, 0.29) is 11.7 Å². The summed E-state index contributed by atoms with van der Waals surface area (Å²) in [5.41, 5.74) is 0. The van der Waals surface area contributed by atoms with Crippen LogP contribution in [0.2, 0.25) is 0 Å². The molecule has 0 aliphatic carbocycles. The molecule has 116 valence electrons. The average molecular weight is 310 g/mol. The van der Waals surface area contributed by atoms with Crippen molar-refractivity contribution in [3.63, 3.8) is 0 Å². The van der Waals surface area contributed by atoms with Gasteiger partial charge in [0.15, 0.2) is 0 Å². The summed E-state index contributed by atoms with van der Waals surface area (Å²) in [6.45, 7) is 1.97. The predicted molar refractivity (Wildman–Crippen MR) is 83.7 cm³/mol. The molecule has 0 aromatic carbocycles. The summed E-state index contributed by atoms with van der Waals surface area (Å²) in [5, 5.41) is 0.755. The van der Waals surface area contributed by atoms with Gasteiger partial charge in [0, 0.05) is 19.1 Å². The third kappa shape index (κ3) is 4.57. The Bertz CT molecular complexity index is 484. The number of piperidine rings is 1. The number of esters is 1. The Kier molecular flexibility index (Phi) is 5.81. The fourth-order valence-electron chi connectivity index (χ4n) is 2.34. The lowest BCUT2D eigenvalue weighted by Crippen LogP contribution is -2.45. The lowest BCUT2D eigenvalue weighted by Gasteiger charge is -2.36. The van der Waals surface area contributed by atoms with Crippen LogP contribution in [-0.4, -0.2) is 66.9 Å². The Balaban J connectivity index is 2.01. The average Bonchev–Trinajstić information content (AvgIpc) is 2.53. The summed E-state index contributed by atoms with van der Waals surface area (Å²) in [5.74, 6) is 0.892. The van der Waals surface area contributed by atoms with Crippen LogP contribution in [0.4, 0.5) is 5.82 Å². The number of ether oxygens (including phenoxy) is 1. The van der Waals surface area contributed by atoms with Crippen LogP contribution in [0.5, 0.6) is 0 Å². The maximum absolute atomic E-state index is 11.2. The maximum atomic E-state index is 11.2. The monoisotopic (exact) mass is 310 g/mol. The number of rotatable bonds is 5. The van der Waals surface area contributed by atoms with Crippen molar-refractivity contribution in [2.45, 2.75) is 23.9 Å². The molecule has 0 radical (unpaired) electrons. The summed E-state index contributed by atoms with van der Waals surface area (Å²) in [7, 11) is 5.62. The first-order chi connectivity index (χ1) is 10.1. The molecule has 1 aliphatic rings. The van der Waals surface area contributed by atoms with Crippen molar-refractivity contribution < 1.29 is 9.53 Å². The lowest BCUT2D eigenvalue weighted by atomic mass is 10.1. The number of carbonyl (C=O) groups is 1. The van der Waals surface area contributed by atoms with Crippen molar-refractivity contribution in [3.05, 3.63) is 12.4 Å². The van der Waals surface area contributed by atoms with Crippen LogP contribution < -0.4 is 4.90 Å². The molecule has 0 bridgehead atoms. The first-order valence-corrected chi connectivity index (χ1v) is 8.01. The second-order valence-corrected chi connectivity index (χ2v) is 6.28. The van der Waals surface area contributed by atoms with E-state index in [9.17, 15) is 4.79 Å². The number of carbonyl (C=O) groups excluding carboxylic acids is 1. The molecule has 1 fully saturated rings. The van der Waals surface area contributed by atoms with Crippen LogP contribution in [0.25, 0.3) is 0 Å². The van der Waals surface area contributed by atoms with Crippen molar-refractivity contribution in [1.82, 2.24) is 14.9 Å². The predicted octanol–water partition coefficient (Wildman–Crippen LogP) is 1.27. The summed E-state index contributed by atoms with van der Waals surface area (Å²) < 4.78 is 4.64. The molecule has 2 rings (SSSR count). The molecule has 0 saturated carbocycles. The molecule has 1 aliphatic heterocycles. The molecule has 0 N–H and O–H groups in total. The van der Waals surface area contributed by atoms with Gasteiger partial charge in [-0.05, 0) is 26.9 Å². The van der Waals surface area contributed by atoms with Gasteiger partial charge in [-0.3, -0.25) is 9.78 Å². The zero-order valence-electron chi connectivity index (χ0n) is 12.8. The zero-order valence-corrected chi connectivity index (χ0v) is 13.6. The molecule has 0 spiro atoms. The third-order valence-electron chi connectivity index (χ3n) is 3.62. The number of anilines is 1. The van der Waals surface area contributed by atoms with Crippen LogP contribution in [0, 0.1) is 0 Å². The number of methoxy groups -OCH3 is 1. The van der Waals surface area contributed by atoms with Gasteiger partial charge in [-0.1, -0.05) is 11.8 Å². The Morgan fingerprint density at radius 3 is 3.05 bits per heavy atom. The molecular weight excluding hydrogens is 288 g/mol. The number of hydrogen-bond acceptors (Lipinski definition) is 7. The van der Waals surface area contributed by atoms with Crippen LogP contribution in [0.3, 0.4) is 0 Å². The SMILES string of the molecule is COC(=O)CSc1cncc(N2CCCC(N(C)C)C2)n1. The highest BCUT2D eigenvalue weighted by atomic mass is 32.2. The highest BCUT2D eigenvalue weighted by Gasteiger charge is 2.22.